The first-order chi connectivity index (χ1) is 13.8. The van der Waals surface area contributed by atoms with Gasteiger partial charge < -0.3 is 19.1 Å². The number of hydrogen-bond acceptors (Lipinski definition) is 6. The number of piperidine rings is 1. The van der Waals surface area contributed by atoms with E-state index in [1.807, 2.05) is 0 Å². The summed E-state index contributed by atoms with van der Waals surface area (Å²) in [6, 6.07) is 6.83. The maximum Gasteiger partial charge on any atom is 0.345 e. The van der Waals surface area contributed by atoms with Crippen LogP contribution in [0.15, 0.2) is 40.4 Å². The highest BCUT2D eigenvalue weighted by molar-refractivity contribution is 7.88. The first-order valence-electron chi connectivity index (χ1n) is 9.36. The van der Waals surface area contributed by atoms with Crippen molar-refractivity contribution in [3.8, 4) is 5.75 Å². The molecule has 2 saturated heterocycles. The molecule has 1 aromatic carbocycles. The lowest BCUT2D eigenvalue weighted by atomic mass is 10.0. The molecule has 2 fully saturated rings. The molecule has 10 heteroatoms. The number of benzene rings is 1. The van der Waals surface area contributed by atoms with Crippen LogP contribution in [0.5, 0.6) is 5.75 Å². The van der Waals surface area contributed by atoms with Crippen LogP contribution < -0.4 is 4.74 Å². The second-order valence-corrected chi connectivity index (χ2v) is 8.71. The fourth-order valence-corrected chi connectivity index (χ4v) is 4.56. The van der Waals surface area contributed by atoms with Gasteiger partial charge in [0.05, 0.1) is 26.0 Å². The van der Waals surface area contributed by atoms with Gasteiger partial charge in [-0.15, -0.1) is 4.40 Å². The number of likely N-dealkylation sites (N-methyl/N-ethyl adjacent to an activating group) is 1. The summed E-state index contributed by atoms with van der Waals surface area (Å²) < 4.78 is 46.4. The zero-order chi connectivity index (χ0) is 20.6. The highest BCUT2D eigenvalue weighted by Crippen LogP contribution is 2.32. The summed E-state index contributed by atoms with van der Waals surface area (Å²) in [6.45, 7) is 1.97. The van der Waals surface area contributed by atoms with Crippen LogP contribution in [0.3, 0.4) is 0 Å². The molecule has 0 radical (unpaired) electrons. The fourth-order valence-electron chi connectivity index (χ4n) is 3.65. The summed E-state index contributed by atoms with van der Waals surface area (Å²) in [7, 11) is -1.12. The minimum atomic E-state index is -4.00. The molecule has 3 heterocycles. The van der Waals surface area contributed by atoms with Crippen molar-refractivity contribution in [3.05, 3.63) is 41.6 Å². The van der Waals surface area contributed by atoms with Gasteiger partial charge in [-0.3, -0.25) is 4.79 Å². The summed E-state index contributed by atoms with van der Waals surface area (Å²) >= 11 is 0. The van der Waals surface area contributed by atoms with Gasteiger partial charge in [0.25, 0.3) is 5.91 Å². The van der Waals surface area contributed by atoms with Gasteiger partial charge in [0.2, 0.25) is 0 Å². The highest BCUT2D eigenvalue weighted by Gasteiger charge is 2.42. The van der Waals surface area contributed by atoms with Crippen LogP contribution in [0.1, 0.15) is 18.4 Å². The molecule has 0 saturated carbocycles. The normalized spacial score (nSPS) is 23.0. The van der Waals surface area contributed by atoms with Crippen molar-refractivity contribution in [2.75, 3.05) is 40.5 Å². The number of carbonyl (C=O) groups is 1. The van der Waals surface area contributed by atoms with E-state index < -0.39 is 16.0 Å². The summed E-state index contributed by atoms with van der Waals surface area (Å²) in [4.78, 5) is 14.8. The number of likely N-dealkylation sites (tertiary alicyclic amines) is 1. The Morgan fingerprint density at radius 2 is 1.76 bits per heavy atom. The molecule has 0 aliphatic carbocycles. The molecule has 1 spiro atoms. The number of methoxy groups -OCH3 is 1. The average Bonchev–Trinajstić information content (AvgIpc) is 3.18. The van der Waals surface area contributed by atoms with E-state index in [-0.39, 0.29) is 17.3 Å². The highest BCUT2D eigenvalue weighted by atomic mass is 32.2. The third kappa shape index (κ3) is 3.75. The Balaban J connectivity index is 1.58. The van der Waals surface area contributed by atoms with Crippen LogP contribution >= 0.6 is 0 Å². The molecule has 1 amide bonds. The topological polar surface area (TPSA) is 97.7 Å². The van der Waals surface area contributed by atoms with Crippen molar-refractivity contribution >= 4 is 21.8 Å². The molecule has 9 nitrogen and oxygen atoms in total. The van der Waals surface area contributed by atoms with E-state index in [0.29, 0.717) is 50.5 Å². The van der Waals surface area contributed by atoms with Gasteiger partial charge >= 0.3 is 10.2 Å². The molecule has 3 aliphatic heterocycles. The second-order valence-electron chi connectivity index (χ2n) is 7.08. The first kappa shape index (κ1) is 19.9. The summed E-state index contributed by atoms with van der Waals surface area (Å²) in [6.07, 6.45) is 2.63. The van der Waals surface area contributed by atoms with E-state index in [0.717, 1.165) is 4.31 Å². The lowest BCUT2D eigenvalue weighted by Crippen LogP contribution is -2.49. The van der Waals surface area contributed by atoms with Crippen molar-refractivity contribution in [2.45, 2.75) is 18.6 Å². The smallest absolute Gasteiger partial charge is 0.345 e. The quantitative estimate of drug-likeness (QED) is 0.720. The molecule has 0 aromatic heterocycles. The maximum absolute atomic E-state index is 13.1. The Kier molecular flexibility index (Phi) is 5.09. The van der Waals surface area contributed by atoms with E-state index in [2.05, 4.69) is 4.40 Å². The summed E-state index contributed by atoms with van der Waals surface area (Å²) in [5.41, 5.74) is 0.859. The van der Waals surface area contributed by atoms with E-state index in [4.69, 9.17) is 14.2 Å². The van der Waals surface area contributed by atoms with Crippen LogP contribution in [0.2, 0.25) is 0 Å². The Morgan fingerprint density at radius 3 is 2.34 bits per heavy atom. The van der Waals surface area contributed by atoms with E-state index in [1.54, 1.807) is 36.3 Å². The Morgan fingerprint density at radius 1 is 1.14 bits per heavy atom. The van der Waals surface area contributed by atoms with Crippen LogP contribution in [-0.4, -0.2) is 75.5 Å². The third-order valence-electron chi connectivity index (χ3n) is 5.40. The average molecular weight is 421 g/mol. The van der Waals surface area contributed by atoms with Crippen molar-refractivity contribution in [3.63, 3.8) is 0 Å². The lowest BCUT2D eigenvalue weighted by molar-refractivity contribution is -0.186. The van der Waals surface area contributed by atoms with Crippen LogP contribution in [0.4, 0.5) is 0 Å². The predicted octanol–water partition coefficient (Wildman–Crippen LogP) is 0.924. The van der Waals surface area contributed by atoms with Gasteiger partial charge in [-0.25, -0.2) is 4.31 Å². The third-order valence-corrected chi connectivity index (χ3v) is 6.72. The van der Waals surface area contributed by atoms with Crippen molar-refractivity contribution < 1.29 is 27.4 Å². The molecule has 4 rings (SSSR count). The number of nitrogens with zero attached hydrogens (tertiary/aromatic N) is 3. The molecule has 0 bridgehead atoms. The van der Waals surface area contributed by atoms with Gasteiger partial charge in [0.15, 0.2) is 5.79 Å². The number of amides is 1. The number of hydrogen-bond donors (Lipinski definition) is 0. The molecule has 156 valence electrons. The van der Waals surface area contributed by atoms with Gasteiger partial charge in [0.1, 0.15) is 11.4 Å². The van der Waals surface area contributed by atoms with Gasteiger partial charge in [-0.1, -0.05) is 0 Å². The fraction of sp³-hybridized carbons (Fsp3) is 0.474. The van der Waals surface area contributed by atoms with Gasteiger partial charge in [0, 0.05) is 38.5 Å². The van der Waals surface area contributed by atoms with Gasteiger partial charge in [-0.2, -0.15) is 8.42 Å². The summed E-state index contributed by atoms with van der Waals surface area (Å²) in [5.74, 6) is -0.320. The molecular weight excluding hydrogens is 398 g/mol. The molecule has 0 atom stereocenters. The van der Waals surface area contributed by atoms with E-state index in [1.165, 1.54) is 13.1 Å². The Hall–Kier alpha value is -2.43. The zero-order valence-electron chi connectivity index (χ0n) is 16.3. The van der Waals surface area contributed by atoms with Gasteiger partial charge in [-0.05, 0) is 30.3 Å². The molecule has 29 heavy (non-hydrogen) atoms. The largest absolute Gasteiger partial charge is 0.497 e. The number of allylic oxidation sites excluding steroid dienone is 1. The van der Waals surface area contributed by atoms with Crippen LogP contribution in [0.25, 0.3) is 0 Å². The summed E-state index contributed by atoms with van der Waals surface area (Å²) in [5, 5.41) is 0. The second kappa shape index (κ2) is 7.43. The maximum atomic E-state index is 13.1. The SMILES string of the molecule is COc1ccc(C2=NS(=O)(=O)N(C)C(C(=O)N3CCC4(CC3)OCCO4)=C2)cc1. The molecule has 3 aliphatic rings. The monoisotopic (exact) mass is 421 g/mol. The van der Waals surface area contributed by atoms with Crippen molar-refractivity contribution in [1.82, 2.24) is 9.21 Å². The number of carbonyl (C=O) groups excluding carboxylic acids is 1. The molecule has 0 unspecified atom stereocenters. The first-order valence-corrected chi connectivity index (χ1v) is 10.8. The number of rotatable bonds is 3. The van der Waals surface area contributed by atoms with E-state index >= 15 is 0 Å². The molecule has 1 aromatic rings. The molecular formula is C19H23N3O6S. The minimum Gasteiger partial charge on any atom is -0.497 e. The van der Waals surface area contributed by atoms with Crippen molar-refractivity contribution in [1.29, 1.82) is 0 Å². The van der Waals surface area contributed by atoms with Crippen LogP contribution in [-0.2, 0) is 24.5 Å². The lowest BCUT2D eigenvalue weighted by Gasteiger charge is -2.38. The zero-order valence-corrected chi connectivity index (χ0v) is 17.1. The predicted molar refractivity (Wildman–Crippen MR) is 105 cm³/mol. The van der Waals surface area contributed by atoms with Crippen LogP contribution in [0, 0.1) is 0 Å². The van der Waals surface area contributed by atoms with E-state index in [9.17, 15) is 13.2 Å². The Labute approximate surface area is 169 Å². The molecule has 0 N–H and O–H groups in total. The Bertz CT molecular complexity index is 954. The minimum absolute atomic E-state index is 0.0648. The number of ether oxygens (including phenoxy) is 3. The van der Waals surface area contributed by atoms with Crippen molar-refractivity contribution in [2.24, 2.45) is 4.40 Å². The standard InChI is InChI=1S/C19H23N3O6S/c1-21-17(18(23)22-9-7-19(8-10-22)27-11-12-28-19)13-16(20-29(21,24)25)14-3-5-15(26-2)6-4-14/h3-6,13H,7-12H2,1-2H3.